The molecule has 0 unspecified atom stereocenters. The molecule has 0 saturated heterocycles. The average molecular weight is 342 g/mol. The van der Waals surface area contributed by atoms with Gasteiger partial charge in [0.25, 0.3) is 0 Å². The summed E-state index contributed by atoms with van der Waals surface area (Å²) in [6.07, 6.45) is 4.95. The lowest BCUT2D eigenvalue weighted by molar-refractivity contribution is 0.463. The van der Waals surface area contributed by atoms with Crippen LogP contribution in [0.3, 0.4) is 0 Å². The molecule has 1 aliphatic rings. The van der Waals surface area contributed by atoms with Crippen LogP contribution in [0.4, 0.5) is 8.78 Å². The number of rotatable bonds is 6. The van der Waals surface area contributed by atoms with E-state index >= 15 is 0 Å². The normalized spacial score (nSPS) is 14.6. The second kappa shape index (κ2) is 7.55. The third kappa shape index (κ3) is 3.76. The molecule has 5 heteroatoms. The van der Waals surface area contributed by atoms with Crippen LogP contribution in [0.15, 0.2) is 35.3 Å². The number of nitrogens with one attached hydrogen (secondary N) is 1. The van der Waals surface area contributed by atoms with Gasteiger partial charge in [-0.25, -0.2) is 8.78 Å². The predicted octanol–water partition coefficient (Wildman–Crippen LogP) is 5.29. The first-order valence-corrected chi connectivity index (χ1v) is 8.46. The molecule has 0 heterocycles. The van der Waals surface area contributed by atoms with Crippen LogP contribution in [0.1, 0.15) is 42.9 Å². The van der Waals surface area contributed by atoms with Crippen LogP contribution in [0.2, 0.25) is 0 Å². The standard InChI is InChI=1S/C20H20F2N2O/c1-2-3-8-24-18-6-5-17-19(7-4-13(12-23)20(17)18)25-16-10-14(21)9-15(22)11-16/h4,7,9-12,23H,2-3,5-6,8H2,1H3. The quantitative estimate of drug-likeness (QED) is 0.562. The van der Waals surface area contributed by atoms with Crippen molar-refractivity contribution in [2.24, 2.45) is 4.99 Å². The van der Waals surface area contributed by atoms with E-state index in [0.717, 1.165) is 72.8 Å². The highest BCUT2D eigenvalue weighted by Crippen LogP contribution is 2.36. The van der Waals surface area contributed by atoms with Crippen LogP contribution in [0, 0.1) is 17.0 Å². The zero-order chi connectivity index (χ0) is 17.8. The van der Waals surface area contributed by atoms with E-state index in [-0.39, 0.29) is 5.75 Å². The lowest BCUT2D eigenvalue weighted by Gasteiger charge is -2.12. The molecule has 25 heavy (non-hydrogen) atoms. The second-order valence-corrected chi connectivity index (χ2v) is 6.04. The molecule has 0 radical (unpaired) electrons. The number of fused-ring (bicyclic) bond motifs is 1. The van der Waals surface area contributed by atoms with Gasteiger partial charge in [-0.05, 0) is 31.4 Å². The molecule has 0 fully saturated rings. The maximum atomic E-state index is 13.4. The molecule has 130 valence electrons. The van der Waals surface area contributed by atoms with Crippen molar-refractivity contribution in [3.8, 4) is 11.5 Å². The third-order valence-electron chi connectivity index (χ3n) is 4.24. The number of benzene rings is 2. The SMILES string of the molecule is CCCCN=C1CCc2c(Oc3cc(F)cc(F)c3)ccc(C=N)c21. The Labute approximate surface area is 145 Å². The summed E-state index contributed by atoms with van der Waals surface area (Å²) in [7, 11) is 0. The molecule has 3 nitrogen and oxygen atoms in total. The van der Waals surface area contributed by atoms with E-state index in [1.165, 1.54) is 6.21 Å². The summed E-state index contributed by atoms with van der Waals surface area (Å²) in [5, 5.41) is 7.64. The Bertz CT molecular complexity index is 810. The fourth-order valence-corrected chi connectivity index (χ4v) is 3.06. The van der Waals surface area contributed by atoms with Crippen molar-refractivity contribution in [2.75, 3.05) is 6.54 Å². The fourth-order valence-electron chi connectivity index (χ4n) is 3.06. The van der Waals surface area contributed by atoms with Crippen LogP contribution >= 0.6 is 0 Å². The van der Waals surface area contributed by atoms with E-state index in [4.69, 9.17) is 10.1 Å². The zero-order valence-electron chi connectivity index (χ0n) is 14.1. The monoisotopic (exact) mass is 342 g/mol. The van der Waals surface area contributed by atoms with Gasteiger partial charge in [-0.2, -0.15) is 0 Å². The van der Waals surface area contributed by atoms with Crippen molar-refractivity contribution in [3.05, 3.63) is 58.7 Å². The number of hydrogen-bond acceptors (Lipinski definition) is 3. The molecular weight excluding hydrogens is 322 g/mol. The van der Waals surface area contributed by atoms with Gasteiger partial charge < -0.3 is 10.1 Å². The summed E-state index contributed by atoms with van der Waals surface area (Å²) < 4.78 is 32.5. The summed E-state index contributed by atoms with van der Waals surface area (Å²) >= 11 is 0. The van der Waals surface area contributed by atoms with Gasteiger partial charge >= 0.3 is 0 Å². The first-order chi connectivity index (χ1) is 12.1. The predicted molar refractivity (Wildman–Crippen MR) is 95.4 cm³/mol. The van der Waals surface area contributed by atoms with Gasteiger partial charge in [0, 0.05) is 53.4 Å². The molecule has 0 aliphatic heterocycles. The minimum absolute atomic E-state index is 0.124. The highest BCUT2D eigenvalue weighted by atomic mass is 19.1. The number of aliphatic imine (C=N–C) groups is 1. The summed E-state index contributed by atoms with van der Waals surface area (Å²) in [4.78, 5) is 4.68. The molecule has 2 aromatic carbocycles. The first-order valence-electron chi connectivity index (χ1n) is 8.46. The second-order valence-electron chi connectivity index (χ2n) is 6.04. The zero-order valence-corrected chi connectivity index (χ0v) is 14.1. The molecular formula is C20H20F2N2O. The van der Waals surface area contributed by atoms with Gasteiger partial charge in [0.05, 0.1) is 0 Å². The molecule has 0 aromatic heterocycles. The third-order valence-corrected chi connectivity index (χ3v) is 4.24. The summed E-state index contributed by atoms with van der Waals surface area (Å²) in [6, 6.07) is 6.67. The number of halogens is 2. The van der Waals surface area contributed by atoms with Crippen LogP contribution in [0.25, 0.3) is 0 Å². The Morgan fingerprint density at radius 2 is 1.92 bits per heavy atom. The largest absolute Gasteiger partial charge is 0.457 e. The average Bonchev–Trinajstić information content (AvgIpc) is 2.99. The van der Waals surface area contributed by atoms with E-state index in [0.29, 0.717) is 5.75 Å². The van der Waals surface area contributed by atoms with Gasteiger partial charge in [0.1, 0.15) is 23.1 Å². The number of hydrogen-bond donors (Lipinski definition) is 1. The molecule has 0 bridgehead atoms. The van der Waals surface area contributed by atoms with Crippen molar-refractivity contribution < 1.29 is 13.5 Å². The van der Waals surface area contributed by atoms with Crippen LogP contribution < -0.4 is 4.74 Å². The lowest BCUT2D eigenvalue weighted by Crippen LogP contribution is -2.02. The maximum Gasteiger partial charge on any atom is 0.133 e. The van der Waals surface area contributed by atoms with Crippen molar-refractivity contribution in [1.82, 2.24) is 0 Å². The van der Waals surface area contributed by atoms with E-state index in [9.17, 15) is 8.78 Å². The van der Waals surface area contributed by atoms with Crippen molar-refractivity contribution >= 4 is 11.9 Å². The van der Waals surface area contributed by atoms with E-state index in [2.05, 4.69) is 11.9 Å². The molecule has 2 aromatic rings. The Morgan fingerprint density at radius 3 is 2.60 bits per heavy atom. The summed E-state index contributed by atoms with van der Waals surface area (Å²) in [5.74, 6) is -0.667. The molecule has 1 N–H and O–H groups in total. The van der Waals surface area contributed by atoms with Crippen molar-refractivity contribution in [3.63, 3.8) is 0 Å². The van der Waals surface area contributed by atoms with Gasteiger partial charge in [-0.15, -0.1) is 0 Å². The first kappa shape index (κ1) is 17.3. The molecule has 0 amide bonds. The Kier molecular flexibility index (Phi) is 5.22. The fraction of sp³-hybridized carbons (Fsp3) is 0.300. The smallest absolute Gasteiger partial charge is 0.133 e. The number of unbranched alkanes of at least 4 members (excludes halogenated alkanes) is 1. The van der Waals surface area contributed by atoms with E-state index in [1.54, 1.807) is 12.1 Å². The molecule has 3 rings (SSSR count). The summed E-state index contributed by atoms with van der Waals surface area (Å²) in [6.45, 7) is 2.89. The molecule has 1 aliphatic carbocycles. The molecule has 0 spiro atoms. The highest BCUT2D eigenvalue weighted by Gasteiger charge is 2.24. The lowest BCUT2D eigenvalue weighted by atomic mass is 10.0. The minimum Gasteiger partial charge on any atom is -0.457 e. The Balaban J connectivity index is 1.97. The van der Waals surface area contributed by atoms with Gasteiger partial charge in [0.15, 0.2) is 0 Å². The Hall–Kier alpha value is -2.56. The van der Waals surface area contributed by atoms with Crippen LogP contribution in [0.5, 0.6) is 11.5 Å². The number of nitrogens with zero attached hydrogens (tertiary/aromatic N) is 1. The summed E-state index contributed by atoms with van der Waals surface area (Å²) in [5.41, 5.74) is 3.65. The highest BCUT2D eigenvalue weighted by molar-refractivity contribution is 6.10. The van der Waals surface area contributed by atoms with Gasteiger partial charge in [-0.1, -0.05) is 13.3 Å². The number of ether oxygens (including phenoxy) is 1. The molecule has 0 saturated carbocycles. The van der Waals surface area contributed by atoms with E-state index < -0.39 is 11.6 Å². The molecule has 0 atom stereocenters. The topological polar surface area (TPSA) is 45.4 Å². The van der Waals surface area contributed by atoms with Crippen LogP contribution in [-0.2, 0) is 6.42 Å². The van der Waals surface area contributed by atoms with Crippen LogP contribution in [-0.4, -0.2) is 18.5 Å². The van der Waals surface area contributed by atoms with Crippen molar-refractivity contribution in [2.45, 2.75) is 32.6 Å². The van der Waals surface area contributed by atoms with Crippen molar-refractivity contribution in [1.29, 1.82) is 5.41 Å². The maximum absolute atomic E-state index is 13.4. The van der Waals surface area contributed by atoms with Gasteiger partial charge in [-0.3, -0.25) is 4.99 Å². The van der Waals surface area contributed by atoms with Gasteiger partial charge in [0.2, 0.25) is 0 Å². The minimum atomic E-state index is -0.676. The van der Waals surface area contributed by atoms with E-state index in [1.807, 2.05) is 0 Å². The Morgan fingerprint density at radius 1 is 1.16 bits per heavy atom.